The van der Waals surface area contributed by atoms with Crippen molar-refractivity contribution in [2.45, 2.75) is 19.4 Å². The van der Waals surface area contributed by atoms with Crippen molar-refractivity contribution in [3.05, 3.63) is 29.3 Å². The molecule has 1 aromatic rings. The van der Waals surface area contributed by atoms with Gasteiger partial charge in [0.15, 0.2) is 0 Å². The van der Waals surface area contributed by atoms with Gasteiger partial charge in [0.2, 0.25) is 0 Å². The predicted octanol–water partition coefficient (Wildman–Crippen LogP) is 1.85. The Bertz CT molecular complexity index is 522. The Labute approximate surface area is 112 Å². The lowest BCUT2D eigenvalue weighted by molar-refractivity contribution is 0.222. The third kappa shape index (κ3) is 2.63. The van der Waals surface area contributed by atoms with Gasteiger partial charge in [-0.1, -0.05) is 13.0 Å². The fraction of sp³-hybridized carbons (Fsp3) is 0.429. The van der Waals surface area contributed by atoms with Crippen molar-refractivity contribution in [2.75, 3.05) is 20.2 Å². The van der Waals surface area contributed by atoms with E-state index in [9.17, 15) is 4.79 Å². The molecule has 1 atom stereocenters. The Morgan fingerprint density at radius 2 is 2.37 bits per heavy atom. The van der Waals surface area contributed by atoms with E-state index in [1.807, 2.05) is 18.2 Å². The molecule has 0 radical (unpaired) electrons. The van der Waals surface area contributed by atoms with Crippen LogP contribution in [0.3, 0.4) is 0 Å². The summed E-state index contributed by atoms with van der Waals surface area (Å²) in [4.78, 5) is 13.2. The molecule has 0 spiro atoms. The highest BCUT2D eigenvalue weighted by Gasteiger charge is 2.29. The maximum atomic E-state index is 11.7. The number of amides is 2. The van der Waals surface area contributed by atoms with Crippen molar-refractivity contribution in [1.29, 1.82) is 5.26 Å². The second-order valence-corrected chi connectivity index (χ2v) is 4.47. The minimum Gasteiger partial charge on any atom is -0.496 e. The molecule has 1 heterocycles. The first-order valence-corrected chi connectivity index (χ1v) is 6.28. The molecule has 1 aliphatic rings. The van der Waals surface area contributed by atoms with E-state index in [4.69, 9.17) is 10.00 Å². The quantitative estimate of drug-likeness (QED) is 0.839. The van der Waals surface area contributed by atoms with Gasteiger partial charge in [-0.3, -0.25) is 0 Å². The number of methoxy groups -OCH3 is 1. The van der Waals surface area contributed by atoms with Crippen LogP contribution in [-0.4, -0.2) is 31.1 Å². The first kappa shape index (κ1) is 13.2. The van der Waals surface area contributed by atoms with E-state index in [2.05, 4.69) is 18.3 Å². The first-order chi connectivity index (χ1) is 9.19. The van der Waals surface area contributed by atoms with Crippen LogP contribution in [0, 0.1) is 11.3 Å². The van der Waals surface area contributed by atoms with Crippen molar-refractivity contribution in [1.82, 2.24) is 10.2 Å². The molecule has 1 unspecified atom stereocenters. The highest BCUT2D eigenvalue weighted by atomic mass is 16.5. The minimum absolute atomic E-state index is 0.0583. The topological polar surface area (TPSA) is 65.4 Å². The molecule has 5 heteroatoms. The Morgan fingerprint density at radius 3 is 3.00 bits per heavy atom. The van der Waals surface area contributed by atoms with E-state index in [1.54, 1.807) is 7.11 Å². The molecule has 0 bridgehead atoms. The lowest BCUT2D eigenvalue weighted by atomic mass is 10.0. The van der Waals surface area contributed by atoms with Crippen LogP contribution in [0.15, 0.2) is 18.2 Å². The molecule has 1 aliphatic heterocycles. The van der Waals surface area contributed by atoms with E-state index in [0.717, 1.165) is 23.3 Å². The number of carbonyl (C=O) groups excluding carboxylic acids is 1. The molecule has 1 N–H and O–H groups in total. The minimum atomic E-state index is -0.180. The van der Waals surface area contributed by atoms with Gasteiger partial charge in [-0.15, -0.1) is 0 Å². The van der Waals surface area contributed by atoms with Crippen molar-refractivity contribution in [2.24, 2.45) is 0 Å². The molecule has 1 saturated heterocycles. The molecular weight excluding hydrogens is 242 g/mol. The standard InChI is InChI=1S/C14H17N3O2/c1-3-10-8-11(4-5-13(10)19-2)12-9-17(7-6-15)14(18)16-12/h4-5,8,12H,3,7,9H2,1-2H3,(H,16,18). The molecule has 0 aliphatic carbocycles. The Balaban J connectivity index is 2.20. The predicted molar refractivity (Wildman–Crippen MR) is 70.8 cm³/mol. The maximum Gasteiger partial charge on any atom is 0.318 e. The van der Waals surface area contributed by atoms with Gasteiger partial charge < -0.3 is 15.0 Å². The Kier molecular flexibility index (Phi) is 3.91. The van der Waals surface area contributed by atoms with E-state index < -0.39 is 0 Å². The third-order valence-corrected chi connectivity index (χ3v) is 3.34. The average molecular weight is 259 g/mol. The summed E-state index contributed by atoms with van der Waals surface area (Å²) in [6.07, 6.45) is 0.875. The number of urea groups is 1. The van der Waals surface area contributed by atoms with Gasteiger partial charge >= 0.3 is 6.03 Å². The molecule has 0 aromatic heterocycles. The van der Waals surface area contributed by atoms with Gasteiger partial charge in [-0.25, -0.2) is 4.79 Å². The number of carbonyl (C=O) groups is 1. The number of nitrogens with one attached hydrogen (secondary N) is 1. The normalized spacial score (nSPS) is 18.1. The van der Waals surface area contributed by atoms with Crippen molar-refractivity contribution in [3.63, 3.8) is 0 Å². The first-order valence-electron chi connectivity index (χ1n) is 6.28. The summed E-state index contributed by atoms with van der Waals surface area (Å²) >= 11 is 0. The van der Waals surface area contributed by atoms with Gasteiger partial charge in [-0.2, -0.15) is 5.26 Å². The van der Waals surface area contributed by atoms with Crippen LogP contribution >= 0.6 is 0 Å². The van der Waals surface area contributed by atoms with Crippen LogP contribution in [0.2, 0.25) is 0 Å². The van der Waals surface area contributed by atoms with Gasteiger partial charge in [-0.05, 0) is 29.7 Å². The lowest BCUT2D eigenvalue weighted by Gasteiger charge is -2.14. The summed E-state index contributed by atoms with van der Waals surface area (Å²) < 4.78 is 5.29. The van der Waals surface area contributed by atoms with Gasteiger partial charge in [0.1, 0.15) is 12.3 Å². The Morgan fingerprint density at radius 1 is 1.58 bits per heavy atom. The van der Waals surface area contributed by atoms with Crippen LogP contribution in [-0.2, 0) is 6.42 Å². The number of benzene rings is 1. The molecule has 1 fully saturated rings. The maximum absolute atomic E-state index is 11.7. The summed E-state index contributed by atoms with van der Waals surface area (Å²) in [7, 11) is 1.65. The lowest BCUT2D eigenvalue weighted by Crippen LogP contribution is -2.28. The van der Waals surface area contributed by atoms with E-state index in [-0.39, 0.29) is 18.6 Å². The van der Waals surface area contributed by atoms with Gasteiger partial charge in [0.25, 0.3) is 0 Å². The van der Waals surface area contributed by atoms with Gasteiger partial charge in [0.05, 0.1) is 19.2 Å². The van der Waals surface area contributed by atoms with Crippen molar-refractivity contribution in [3.8, 4) is 11.8 Å². The number of ether oxygens (including phenoxy) is 1. The molecule has 2 rings (SSSR count). The zero-order valence-electron chi connectivity index (χ0n) is 11.1. The van der Waals surface area contributed by atoms with Crippen LogP contribution in [0.5, 0.6) is 5.75 Å². The molecule has 2 amide bonds. The molecule has 100 valence electrons. The summed E-state index contributed by atoms with van der Waals surface area (Å²) in [5.74, 6) is 0.865. The number of hydrogen-bond acceptors (Lipinski definition) is 3. The Hall–Kier alpha value is -2.22. The van der Waals surface area contributed by atoms with Crippen LogP contribution in [0.1, 0.15) is 24.1 Å². The second kappa shape index (κ2) is 5.61. The molecule has 19 heavy (non-hydrogen) atoms. The second-order valence-electron chi connectivity index (χ2n) is 4.47. The van der Waals surface area contributed by atoms with Gasteiger partial charge in [0, 0.05) is 6.54 Å². The largest absolute Gasteiger partial charge is 0.496 e. The fourth-order valence-corrected chi connectivity index (χ4v) is 2.29. The summed E-state index contributed by atoms with van der Waals surface area (Å²) in [6, 6.07) is 7.70. The zero-order valence-corrected chi connectivity index (χ0v) is 11.1. The van der Waals surface area contributed by atoms with E-state index in [0.29, 0.717) is 6.54 Å². The van der Waals surface area contributed by atoms with E-state index in [1.165, 1.54) is 4.90 Å². The van der Waals surface area contributed by atoms with Crippen LogP contribution in [0.25, 0.3) is 0 Å². The zero-order chi connectivity index (χ0) is 13.8. The number of hydrogen-bond donors (Lipinski definition) is 1. The van der Waals surface area contributed by atoms with E-state index >= 15 is 0 Å². The molecule has 1 aromatic carbocycles. The van der Waals surface area contributed by atoms with Crippen molar-refractivity contribution < 1.29 is 9.53 Å². The number of aryl methyl sites for hydroxylation is 1. The number of nitrogens with zero attached hydrogens (tertiary/aromatic N) is 2. The molecule has 0 saturated carbocycles. The summed E-state index contributed by atoms with van der Waals surface area (Å²) in [5.41, 5.74) is 2.17. The molecular formula is C14H17N3O2. The van der Waals surface area contributed by atoms with Crippen molar-refractivity contribution >= 4 is 6.03 Å². The number of nitriles is 1. The highest BCUT2D eigenvalue weighted by Crippen LogP contribution is 2.26. The average Bonchev–Trinajstić information content (AvgIpc) is 2.80. The number of rotatable bonds is 4. The summed E-state index contributed by atoms with van der Waals surface area (Å²) in [6.45, 7) is 2.72. The third-order valence-electron chi connectivity index (χ3n) is 3.34. The van der Waals surface area contributed by atoms with Crippen LogP contribution < -0.4 is 10.1 Å². The smallest absolute Gasteiger partial charge is 0.318 e. The van der Waals surface area contributed by atoms with Crippen LogP contribution in [0.4, 0.5) is 4.79 Å². The molecule has 5 nitrogen and oxygen atoms in total. The fourth-order valence-electron chi connectivity index (χ4n) is 2.29. The SMILES string of the molecule is CCc1cc(C2CN(CC#N)C(=O)N2)ccc1OC. The monoisotopic (exact) mass is 259 g/mol. The highest BCUT2D eigenvalue weighted by molar-refractivity contribution is 5.77. The summed E-state index contributed by atoms with van der Waals surface area (Å²) in [5, 5.41) is 11.6.